The van der Waals surface area contributed by atoms with Gasteiger partial charge in [-0.25, -0.2) is 0 Å². The summed E-state index contributed by atoms with van der Waals surface area (Å²) < 4.78 is 0. The maximum absolute atomic E-state index is 12.1. The summed E-state index contributed by atoms with van der Waals surface area (Å²) >= 11 is 0. The molecule has 0 unspecified atom stereocenters. The molecule has 1 N–H and O–H groups in total. The lowest BCUT2D eigenvalue weighted by atomic mass is 10.1. The predicted molar refractivity (Wildman–Crippen MR) is 68.1 cm³/mol. The van der Waals surface area contributed by atoms with E-state index in [-0.39, 0.29) is 5.91 Å². The van der Waals surface area contributed by atoms with Crippen molar-refractivity contribution in [3.63, 3.8) is 0 Å². The van der Waals surface area contributed by atoms with E-state index in [4.69, 9.17) is 5.84 Å². The Bertz CT molecular complexity index is 489. The molecule has 1 aliphatic carbocycles. The number of carbonyl (C=O) groups is 1. The zero-order valence-corrected chi connectivity index (χ0v) is 9.81. The van der Waals surface area contributed by atoms with Gasteiger partial charge in [-0.2, -0.15) is 0 Å². The van der Waals surface area contributed by atoms with E-state index in [0.29, 0.717) is 11.3 Å². The van der Waals surface area contributed by atoms with Crippen LogP contribution < -0.4 is 0 Å². The number of nitrogens with one attached hydrogen (secondary N) is 1. The van der Waals surface area contributed by atoms with E-state index >= 15 is 0 Å². The van der Waals surface area contributed by atoms with Gasteiger partial charge in [-0.05, 0) is 37.5 Å². The minimum absolute atomic E-state index is 0.277. The number of hydrogen-bond acceptors (Lipinski definition) is 1. The number of hydrogen-bond donors (Lipinski definition) is 0. The number of benzene rings is 1. The van der Waals surface area contributed by atoms with Crippen molar-refractivity contribution in [2.24, 2.45) is 0 Å². The van der Waals surface area contributed by atoms with Gasteiger partial charge in [-0.1, -0.05) is 30.4 Å². The lowest BCUT2D eigenvalue weighted by molar-refractivity contribution is 0.0860. The van der Waals surface area contributed by atoms with Crippen LogP contribution in [-0.2, 0) is 0 Å². The highest BCUT2D eigenvalue weighted by atomic mass is 16.2. The highest BCUT2D eigenvalue weighted by molar-refractivity contribution is 5.97. The minimum atomic E-state index is -0.277. The van der Waals surface area contributed by atoms with Crippen LogP contribution in [0, 0.1) is 6.92 Å². The fourth-order valence-corrected chi connectivity index (χ4v) is 1.82. The van der Waals surface area contributed by atoms with Gasteiger partial charge in [0, 0.05) is 11.3 Å². The zero-order valence-electron chi connectivity index (χ0n) is 9.81. The predicted octanol–water partition coefficient (Wildman–Crippen LogP) is 3.64. The molecule has 0 saturated carbocycles. The van der Waals surface area contributed by atoms with Crippen molar-refractivity contribution in [1.29, 1.82) is 0 Å². The molecule has 0 heterocycles. The van der Waals surface area contributed by atoms with E-state index in [9.17, 15) is 4.79 Å². The summed E-state index contributed by atoms with van der Waals surface area (Å²) in [5, 5.41) is 0.970. The Morgan fingerprint density at radius 1 is 1.29 bits per heavy atom. The first-order chi connectivity index (χ1) is 8.20. The highest BCUT2D eigenvalue weighted by Gasteiger charge is 2.12. The largest absolute Gasteiger partial charge is 0.576 e. The molecule has 1 aliphatic rings. The SMILES string of the molecule is Cc1ccccc1C(=O)N([NH-])C1=CCCC=C1. The van der Waals surface area contributed by atoms with E-state index in [1.165, 1.54) is 0 Å². The Balaban J connectivity index is 2.23. The molecule has 88 valence electrons. The molecule has 1 aromatic carbocycles. The lowest BCUT2D eigenvalue weighted by Gasteiger charge is -2.29. The van der Waals surface area contributed by atoms with Crippen LogP contribution in [-0.4, -0.2) is 10.9 Å². The molecule has 0 aromatic heterocycles. The molecule has 0 fully saturated rings. The van der Waals surface area contributed by atoms with Crippen LogP contribution in [0.4, 0.5) is 0 Å². The molecule has 0 aliphatic heterocycles. The van der Waals surface area contributed by atoms with Gasteiger partial charge in [0.05, 0.1) is 0 Å². The molecular weight excluding hydrogens is 212 g/mol. The zero-order chi connectivity index (χ0) is 12.3. The van der Waals surface area contributed by atoms with Gasteiger partial charge in [0.1, 0.15) is 0 Å². The molecule has 2 rings (SSSR count). The molecule has 1 aromatic rings. The number of nitrogens with zero attached hydrogens (tertiary/aromatic N) is 1. The van der Waals surface area contributed by atoms with Crippen molar-refractivity contribution in [2.75, 3.05) is 0 Å². The molecule has 0 atom stereocenters. The Hall–Kier alpha value is -1.87. The Morgan fingerprint density at radius 3 is 2.71 bits per heavy atom. The molecule has 3 heteroatoms. The van der Waals surface area contributed by atoms with Crippen molar-refractivity contribution >= 4 is 5.91 Å². The van der Waals surface area contributed by atoms with Crippen molar-refractivity contribution in [1.82, 2.24) is 5.01 Å². The average Bonchev–Trinajstić information content (AvgIpc) is 2.39. The molecule has 0 bridgehead atoms. The smallest absolute Gasteiger partial charge is 0.241 e. The summed E-state index contributed by atoms with van der Waals surface area (Å²) in [5.74, 6) is 7.59. The van der Waals surface area contributed by atoms with Gasteiger partial charge >= 0.3 is 0 Å². The van der Waals surface area contributed by atoms with Crippen molar-refractivity contribution < 1.29 is 4.79 Å². The van der Waals surface area contributed by atoms with Crippen LogP contribution in [0.3, 0.4) is 0 Å². The van der Waals surface area contributed by atoms with Crippen LogP contribution in [0.1, 0.15) is 28.8 Å². The topological polar surface area (TPSA) is 44.1 Å². The average molecular weight is 227 g/mol. The minimum Gasteiger partial charge on any atom is -0.576 e. The first-order valence-corrected chi connectivity index (χ1v) is 5.68. The van der Waals surface area contributed by atoms with Gasteiger partial charge in [0.15, 0.2) is 0 Å². The van der Waals surface area contributed by atoms with E-state index in [1.54, 1.807) is 6.07 Å². The van der Waals surface area contributed by atoms with Crippen LogP contribution >= 0.6 is 0 Å². The maximum atomic E-state index is 12.1. The maximum Gasteiger partial charge on any atom is 0.241 e. The van der Waals surface area contributed by atoms with Crippen LogP contribution in [0.15, 0.2) is 48.2 Å². The summed E-state index contributed by atoms with van der Waals surface area (Å²) in [5.41, 5.74) is 2.14. The Morgan fingerprint density at radius 2 is 2.06 bits per heavy atom. The summed E-state index contributed by atoms with van der Waals surface area (Å²) in [6.45, 7) is 1.88. The number of allylic oxidation sites excluding steroid dienone is 3. The van der Waals surface area contributed by atoms with Gasteiger partial charge in [0.2, 0.25) is 5.91 Å². The molecule has 0 radical (unpaired) electrons. The monoisotopic (exact) mass is 227 g/mol. The number of aryl methyl sites for hydroxylation is 1. The molecule has 17 heavy (non-hydrogen) atoms. The van der Waals surface area contributed by atoms with Crippen LogP contribution in [0.2, 0.25) is 0 Å². The van der Waals surface area contributed by atoms with Gasteiger partial charge in [-0.15, -0.1) is 0 Å². The third-order valence-corrected chi connectivity index (χ3v) is 2.81. The van der Waals surface area contributed by atoms with Crippen LogP contribution in [0.25, 0.3) is 5.84 Å². The Kier molecular flexibility index (Phi) is 3.40. The number of rotatable bonds is 2. The molecular formula is C14H15N2O-. The van der Waals surface area contributed by atoms with E-state index < -0.39 is 0 Å². The van der Waals surface area contributed by atoms with Gasteiger partial charge < -0.3 is 10.9 Å². The van der Waals surface area contributed by atoms with Crippen LogP contribution in [0.5, 0.6) is 0 Å². The summed E-state index contributed by atoms with van der Waals surface area (Å²) in [4.78, 5) is 12.1. The second-order valence-electron chi connectivity index (χ2n) is 4.06. The first-order valence-electron chi connectivity index (χ1n) is 5.68. The van der Waals surface area contributed by atoms with E-state index in [1.807, 2.05) is 43.4 Å². The second-order valence-corrected chi connectivity index (χ2v) is 4.06. The van der Waals surface area contributed by atoms with Gasteiger partial charge in [0.25, 0.3) is 0 Å². The molecule has 1 amide bonds. The van der Waals surface area contributed by atoms with Crippen molar-refractivity contribution in [3.8, 4) is 0 Å². The van der Waals surface area contributed by atoms with Crippen molar-refractivity contribution in [2.45, 2.75) is 19.8 Å². The lowest BCUT2D eigenvalue weighted by Crippen LogP contribution is -2.23. The second kappa shape index (κ2) is 4.97. The first kappa shape index (κ1) is 11.6. The fraction of sp³-hybridized carbons (Fsp3) is 0.214. The molecule has 3 nitrogen and oxygen atoms in total. The number of carbonyl (C=O) groups excluding carboxylic acids is 1. The Labute approximate surface area is 101 Å². The quantitative estimate of drug-likeness (QED) is 0.711. The summed E-state index contributed by atoms with van der Waals surface area (Å²) in [6.07, 6.45) is 7.61. The van der Waals surface area contributed by atoms with Gasteiger partial charge in [-0.3, -0.25) is 4.79 Å². The highest BCUT2D eigenvalue weighted by Crippen LogP contribution is 2.18. The third kappa shape index (κ3) is 2.45. The molecule has 0 saturated heterocycles. The normalized spacial score (nSPS) is 14.4. The third-order valence-electron chi connectivity index (χ3n) is 2.81. The molecule has 0 spiro atoms. The number of amides is 1. The van der Waals surface area contributed by atoms with E-state index in [2.05, 4.69) is 0 Å². The standard InChI is InChI=1S/C14H15N2O/c1-11-7-5-6-10-13(11)14(17)16(15)12-8-3-2-4-9-12/h3,5-10,15H,2,4H2,1H3/q-1. The van der Waals surface area contributed by atoms with E-state index in [0.717, 1.165) is 23.4 Å². The fourth-order valence-electron chi connectivity index (χ4n) is 1.82. The van der Waals surface area contributed by atoms with Crippen molar-refractivity contribution in [3.05, 3.63) is 65.2 Å². The summed E-state index contributed by atoms with van der Waals surface area (Å²) in [7, 11) is 0. The summed E-state index contributed by atoms with van der Waals surface area (Å²) in [6, 6.07) is 7.35.